The van der Waals surface area contributed by atoms with Crippen LogP contribution in [0.2, 0.25) is 0 Å². The van der Waals surface area contributed by atoms with Crippen LogP contribution in [0.4, 0.5) is 5.13 Å². The SMILES string of the molecule is Cc1nc(NC(=O)c2occc2CS(=O)(=O)c2ccccc2)sc1-c1ccccc1. The predicted octanol–water partition coefficient (Wildman–Crippen LogP) is 4.94. The lowest BCUT2D eigenvalue weighted by molar-refractivity contribution is 0.0995. The van der Waals surface area contributed by atoms with E-state index in [1.54, 1.807) is 18.2 Å². The number of aromatic nitrogens is 1. The Morgan fingerprint density at radius 2 is 1.70 bits per heavy atom. The maximum absolute atomic E-state index is 12.7. The van der Waals surface area contributed by atoms with E-state index in [9.17, 15) is 13.2 Å². The molecule has 30 heavy (non-hydrogen) atoms. The number of thiazole rings is 1. The maximum atomic E-state index is 12.7. The lowest BCUT2D eigenvalue weighted by atomic mass is 10.2. The molecule has 2 aromatic carbocycles. The lowest BCUT2D eigenvalue weighted by Crippen LogP contribution is -2.14. The summed E-state index contributed by atoms with van der Waals surface area (Å²) < 4.78 is 30.6. The summed E-state index contributed by atoms with van der Waals surface area (Å²) in [5.41, 5.74) is 2.11. The highest BCUT2D eigenvalue weighted by molar-refractivity contribution is 7.90. The van der Waals surface area contributed by atoms with Crippen molar-refractivity contribution in [3.63, 3.8) is 0 Å². The van der Waals surface area contributed by atoms with Crippen molar-refractivity contribution in [2.24, 2.45) is 0 Å². The summed E-state index contributed by atoms with van der Waals surface area (Å²) in [4.78, 5) is 18.3. The monoisotopic (exact) mass is 438 g/mol. The molecule has 0 bridgehead atoms. The molecular formula is C22H18N2O4S2. The van der Waals surface area contributed by atoms with E-state index in [0.717, 1.165) is 16.1 Å². The van der Waals surface area contributed by atoms with Crippen molar-refractivity contribution >= 4 is 32.2 Å². The van der Waals surface area contributed by atoms with E-state index >= 15 is 0 Å². The molecule has 0 saturated carbocycles. The minimum absolute atomic E-state index is 0.0383. The van der Waals surface area contributed by atoms with Gasteiger partial charge in [-0.2, -0.15) is 0 Å². The van der Waals surface area contributed by atoms with Crippen molar-refractivity contribution in [1.29, 1.82) is 0 Å². The summed E-state index contributed by atoms with van der Waals surface area (Å²) in [6.07, 6.45) is 1.31. The van der Waals surface area contributed by atoms with Crippen LogP contribution in [0.3, 0.4) is 0 Å². The second kappa shape index (κ2) is 8.25. The Bertz CT molecular complexity index is 1280. The number of benzene rings is 2. The maximum Gasteiger partial charge on any atom is 0.293 e. The van der Waals surface area contributed by atoms with Crippen LogP contribution in [0.25, 0.3) is 10.4 Å². The first kappa shape index (κ1) is 20.1. The fourth-order valence-corrected chi connectivity index (χ4v) is 5.37. The lowest BCUT2D eigenvalue weighted by Gasteiger charge is -2.05. The fourth-order valence-electron chi connectivity index (χ4n) is 3.03. The number of carbonyl (C=O) groups is 1. The molecule has 152 valence electrons. The van der Waals surface area contributed by atoms with Crippen LogP contribution in [-0.4, -0.2) is 19.3 Å². The molecule has 8 heteroatoms. The Morgan fingerprint density at radius 3 is 2.40 bits per heavy atom. The van der Waals surface area contributed by atoms with E-state index in [1.165, 1.54) is 35.8 Å². The molecule has 4 rings (SSSR count). The van der Waals surface area contributed by atoms with Gasteiger partial charge in [0, 0.05) is 5.56 Å². The second-order valence-electron chi connectivity index (χ2n) is 6.60. The van der Waals surface area contributed by atoms with Gasteiger partial charge in [-0.3, -0.25) is 10.1 Å². The summed E-state index contributed by atoms with van der Waals surface area (Å²) in [7, 11) is -3.60. The highest BCUT2D eigenvalue weighted by atomic mass is 32.2. The third kappa shape index (κ3) is 4.19. The van der Waals surface area contributed by atoms with Crippen LogP contribution in [-0.2, 0) is 15.6 Å². The number of sulfone groups is 1. The molecule has 0 fully saturated rings. The Kier molecular flexibility index (Phi) is 5.52. The van der Waals surface area contributed by atoms with Crippen molar-refractivity contribution in [2.75, 3.05) is 5.32 Å². The van der Waals surface area contributed by atoms with E-state index < -0.39 is 15.7 Å². The number of aryl methyl sites for hydroxylation is 1. The van der Waals surface area contributed by atoms with E-state index in [4.69, 9.17) is 4.42 Å². The number of carbonyl (C=O) groups excluding carboxylic acids is 1. The van der Waals surface area contributed by atoms with Crippen molar-refractivity contribution < 1.29 is 17.6 Å². The van der Waals surface area contributed by atoms with Crippen LogP contribution < -0.4 is 5.32 Å². The summed E-state index contributed by atoms with van der Waals surface area (Å²) in [6.45, 7) is 1.87. The van der Waals surface area contributed by atoms with E-state index in [0.29, 0.717) is 10.7 Å². The molecule has 2 heterocycles. The van der Waals surface area contributed by atoms with Gasteiger partial charge in [0.05, 0.1) is 27.5 Å². The number of nitrogens with one attached hydrogen (secondary N) is 1. The first-order valence-electron chi connectivity index (χ1n) is 9.12. The van der Waals surface area contributed by atoms with Gasteiger partial charge in [-0.1, -0.05) is 59.9 Å². The first-order chi connectivity index (χ1) is 14.4. The van der Waals surface area contributed by atoms with Crippen LogP contribution in [0.1, 0.15) is 21.8 Å². The molecule has 4 aromatic rings. The number of hydrogen-bond donors (Lipinski definition) is 1. The van der Waals surface area contributed by atoms with Gasteiger partial charge >= 0.3 is 0 Å². The molecule has 0 unspecified atom stereocenters. The Hall–Kier alpha value is -3.23. The zero-order chi connectivity index (χ0) is 21.1. The van der Waals surface area contributed by atoms with Crippen LogP contribution in [0, 0.1) is 6.92 Å². The normalized spacial score (nSPS) is 11.4. The zero-order valence-corrected chi connectivity index (χ0v) is 17.7. The topological polar surface area (TPSA) is 89.3 Å². The minimum Gasteiger partial charge on any atom is -0.459 e. The largest absolute Gasteiger partial charge is 0.459 e. The van der Waals surface area contributed by atoms with E-state index in [1.807, 2.05) is 37.3 Å². The standard InChI is InChI=1S/C22H18N2O4S2/c1-15-20(16-8-4-2-5-9-16)29-22(23-15)24-21(25)19-17(12-13-28-19)14-30(26,27)18-10-6-3-7-11-18/h2-13H,14H2,1H3,(H,23,24,25). The second-order valence-corrected chi connectivity index (χ2v) is 9.59. The van der Waals surface area contributed by atoms with Gasteiger partial charge in [0.15, 0.2) is 20.7 Å². The average molecular weight is 439 g/mol. The first-order valence-corrected chi connectivity index (χ1v) is 11.6. The average Bonchev–Trinajstić information content (AvgIpc) is 3.35. The Morgan fingerprint density at radius 1 is 1.03 bits per heavy atom. The van der Waals surface area contributed by atoms with Crippen LogP contribution in [0.5, 0.6) is 0 Å². The predicted molar refractivity (Wildman–Crippen MR) is 116 cm³/mol. The highest BCUT2D eigenvalue weighted by Crippen LogP contribution is 2.33. The van der Waals surface area contributed by atoms with Gasteiger partial charge in [0.25, 0.3) is 5.91 Å². The highest BCUT2D eigenvalue weighted by Gasteiger charge is 2.23. The molecule has 6 nitrogen and oxygen atoms in total. The number of rotatable bonds is 6. The Labute approximate surface area is 178 Å². The molecular weight excluding hydrogens is 420 g/mol. The van der Waals surface area contributed by atoms with Gasteiger partial charge < -0.3 is 4.42 Å². The van der Waals surface area contributed by atoms with Crippen LogP contribution in [0.15, 0.2) is 82.3 Å². The number of hydrogen-bond acceptors (Lipinski definition) is 6. The fraction of sp³-hybridized carbons (Fsp3) is 0.0909. The van der Waals surface area contributed by atoms with Gasteiger partial charge in [0.2, 0.25) is 0 Å². The molecule has 0 spiro atoms. The quantitative estimate of drug-likeness (QED) is 0.461. The minimum atomic E-state index is -3.60. The molecule has 0 aliphatic rings. The molecule has 0 radical (unpaired) electrons. The smallest absolute Gasteiger partial charge is 0.293 e. The van der Waals surface area contributed by atoms with Gasteiger partial charge in [-0.25, -0.2) is 13.4 Å². The molecule has 1 amide bonds. The number of amides is 1. The molecule has 0 atom stereocenters. The van der Waals surface area contributed by atoms with Crippen LogP contribution >= 0.6 is 11.3 Å². The molecule has 0 aliphatic heterocycles. The summed E-state index contributed by atoms with van der Waals surface area (Å²) in [5, 5.41) is 3.14. The number of nitrogens with zero attached hydrogens (tertiary/aromatic N) is 1. The third-order valence-electron chi connectivity index (χ3n) is 4.45. The number of anilines is 1. The van der Waals surface area contributed by atoms with Crippen molar-refractivity contribution in [2.45, 2.75) is 17.6 Å². The van der Waals surface area contributed by atoms with Gasteiger partial charge in [-0.15, -0.1) is 0 Å². The molecule has 2 aromatic heterocycles. The van der Waals surface area contributed by atoms with Crippen molar-refractivity contribution in [1.82, 2.24) is 4.98 Å². The summed E-state index contributed by atoms with van der Waals surface area (Å²) in [5.74, 6) is -0.905. The molecule has 1 N–H and O–H groups in total. The summed E-state index contributed by atoms with van der Waals surface area (Å²) in [6, 6.07) is 19.4. The number of furan rings is 1. The van der Waals surface area contributed by atoms with Crippen molar-refractivity contribution in [3.8, 4) is 10.4 Å². The van der Waals surface area contributed by atoms with Gasteiger partial charge in [-0.05, 0) is 30.7 Å². The molecule has 0 aliphatic carbocycles. The van der Waals surface area contributed by atoms with Gasteiger partial charge in [0.1, 0.15) is 0 Å². The van der Waals surface area contributed by atoms with Crippen molar-refractivity contribution in [3.05, 3.63) is 90.0 Å². The zero-order valence-electron chi connectivity index (χ0n) is 16.0. The van der Waals surface area contributed by atoms with E-state index in [2.05, 4.69) is 10.3 Å². The van der Waals surface area contributed by atoms with E-state index in [-0.39, 0.29) is 16.4 Å². The summed E-state index contributed by atoms with van der Waals surface area (Å²) >= 11 is 1.35. The third-order valence-corrected chi connectivity index (χ3v) is 7.26. The Balaban J connectivity index is 1.54. The molecule has 0 saturated heterocycles.